The summed E-state index contributed by atoms with van der Waals surface area (Å²) in [5.41, 5.74) is 0. The van der Waals surface area contributed by atoms with Crippen molar-refractivity contribution in [1.82, 2.24) is 0 Å². The smallest absolute Gasteiger partial charge is 0.0363 e. The quantitative estimate of drug-likeness (QED) is 0.532. The van der Waals surface area contributed by atoms with E-state index in [-0.39, 0.29) is 0 Å². The van der Waals surface area contributed by atoms with Crippen LogP contribution in [0.2, 0.25) is 0 Å². The van der Waals surface area contributed by atoms with Gasteiger partial charge in [-0.3, -0.25) is 0 Å². The van der Waals surface area contributed by atoms with Crippen molar-refractivity contribution in [1.29, 1.82) is 0 Å². The zero-order valence-electron chi connectivity index (χ0n) is 9.44. The van der Waals surface area contributed by atoms with Crippen LogP contribution in [-0.2, 0) is 0 Å². The molecule has 1 fully saturated rings. The molecular weight excluding hydrogens is 132 g/mol. The van der Waals surface area contributed by atoms with Crippen LogP contribution in [-0.4, -0.2) is 0 Å². The Morgan fingerprint density at radius 1 is 1.00 bits per heavy atom. The summed E-state index contributed by atoms with van der Waals surface area (Å²) in [6, 6.07) is 0. The molecule has 0 aromatic carbocycles. The summed E-state index contributed by atoms with van der Waals surface area (Å²) in [6.07, 6.45) is 1.48. The summed E-state index contributed by atoms with van der Waals surface area (Å²) in [5, 5.41) is 0. The summed E-state index contributed by atoms with van der Waals surface area (Å²) in [4.78, 5) is 0. The highest BCUT2D eigenvalue weighted by Crippen LogP contribution is 2.43. The molecule has 0 aromatic rings. The van der Waals surface area contributed by atoms with Crippen LogP contribution in [0.4, 0.5) is 0 Å². The third kappa shape index (κ3) is 6.40. The van der Waals surface area contributed by atoms with Crippen LogP contribution in [0.25, 0.3) is 0 Å². The minimum atomic E-state index is 0.940. The lowest BCUT2D eigenvalue weighted by Gasteiger charge is -1.97. The van der Waals surface area contributed by atoms with Crippen molar-refractivity contribution >= 4 is 0 Å². The molecule has 2 unspecified atom stereocenters. The van der Waals surface area contributed by atoms with Gasteiger partial charge in [-0.2, -0.15) is 0 Å². The molecule has 1 aliphatic rings. The lowest BCUT2D eigenvalue weighted by Crippen LogP contribution is -1.89. The molecule has 0 bridgehead atoms. The van der Waals surface area contributed by atoms with E-state index < -0.39 is 0 Å². The van der Waals surface area contributed by atoms with Crippen LogP contribution in [0.15, 0.2) is 0 Å². The highest BCUT2D eigenvalue weighted by atomic mass is 14.4. The molecule has 0 heteroatoms. The molecule has 0 nitrogen and oxygen atoms in total. The van der Waals surface area contributed by atoms with E-state index in [0.717, 1.165) is 17.8 Å². The van der Waals surface area contributed by atoms with Crippen LogP contribution in [0.5, 0.6) is 0 Å². The largest absolute Gasteiger partial charge is 0.0683 e. The van der Waals surface area contributed by atoms with Crippen molar-refractivity contribution in [3.05, 3.63) is 0 Å². The second kappa shape index (κ2) is 8.10. The van der Waals surface area contributed by atoms with Crippen molar-refractivity contribution in [3.8, 4) is 0 Å². The first kappa shape index (κ1) is 13.6. The highest BCUT2D eigenvalue weighted by molar-refractivity contribution is 4.84. The van der Waals surface area contributed by atoms with Gasteiger partial charge in [0.05, 0.1) is 0 Å². The lowest BCUT2D eigenvalue weighted by atomic mass is 10.1. The summed E-state index contributed by atoms with van der Waals surface area (Å²) in [7, 11) is 0. The maximum atomic E-state index is 2.34. The zero-order chi connectivity index (χ0) is 9.44. The standard InChI is InChI=1S/C7H14.2C2H6/c1-5(2)7-4-6(7)3;2*1-2/h5-7H,4H2,1-3H3;2*1-2H3. The SMILES string of the molecule is CC.CC.CC(C)C1CC1C. The van der Waals surface area contributed by atoms with Gasteiger partial charge in [-0.15, -0.1) is 0 Å². The highest BCUT2D eigenvalue weighted by Gasteiger charge is 2.34. The Balaban J connectivity index is 0. The molecule has 70 valence electrons. The average Bonchev–Trinajstić information content (AvgIpc) is 2.75. The summed E-state index contributed by atoms with van der Waals surface area (Å²) < 4.78 is 0. The third-order valence-corrected chi connectivity index (χ3v) is 2.03. The summed E-state index contributed by atoms with van der Waals surface area (Å²) in [5.74, 6) is 3.05. The van der Waals surface area contributed by atoms with Crippen LogP contribution < -0.4 is 0 Å². The van der Waals surface area contributed by atoms with Gasteiger partial charge in [-0.25, -0.2) is 0 Å². The van der Waals surface area contributed by atoms with Gasteiger partial charge in [-0.1, -0.05) is 48.5 Å². The number of hydrogen-bond acceptors (Lipinski definition) is 0. The first-order chi connectivity index (χ1) is 5.22. The first-order valence-corrected chi connectivity index (χ1v) is 5.22. The predicted molar refractivity (Wildman–Crippen MR) is 54.8 cm³/mol. The molecule has 1 rings (SSSR count). The van der Waals surface area contributed by atoms with Gasteiger partial charge in [0.25, 0.3) is 0 Å². The Kier molecular flexibility index (Phi) is 10.0. The molecule has 0 aliphatic heterocycles. The van der Waals surface area contributed by atoms with E-state index in [0.29, 0.717) is 0 Å². The minimum Gasteiger partial charge on any atom is -0.0683 e. The second-order valence-corrected chi connectivity index (χ2v) is 3.12. The van der Waals surface area contributed by atoms with Crippen LogP contribution >= 0.6 is 0 Å². The van der Waals surface area contributed by atoms with E-state index in [2.05, 4.69) is 20.8 Å². The number of hydrogen-bond donors (Lipinski definition) is 0. The molecule has 0 radical (unpaired) electrons. The molecule has 11 heavy (non-hydrogen) atoms. The predicted octanol–water partition coefficient (Wildman–Crippen LogP) is 4.35. The lowest BCUT2D eigenvalue weighted by molar-refractivity contribution is 0.530. The Labute approximate surface area is 73.4 Å². The van der Waals surface area contributed by atoms with Crippen molar-refractivity contribution < 1.29 is 0 Å². The van der Waals surface area contributed by atoms with Crippen molar-refractivity contribution in [3.63, 3.8) is 0 Å². The van der Waals surface area contributed by atoms with Crippen LogP contribution in [0.3, 0.4) is 0 Å². The normalized spacial score (nSPS) is 26.2. The molecule has 0 heterocycles. The van der Waals surface area contributed by atoms with Gasteiger partial charge in [0.1, 0.15) is 0 Å². The first-order valence-electron chi connectivity index (χ1n) is 5.22. The molecule has 0 N–H and O–H groups in total. The van der Waals surface area contributed by atoms with Gasteiger partial charge >= 0.3 is 0 Å². The Hall–Kier alpha value is 0. The fourth-order valence-electron chi connectivity index (χ4n) is 1.28. The van der Waals surface area contributed by atoms with Crippen LogP contribution in [0, 0.1) is 17.8 Å². The maximum absolute atomic E-state index is 2.34. The van der Waals surface area contributed by atoms with Gasteiger partial charge in [0.2, 0.25) is 0 Å². The molecule has 2 atom stereocenters. The van der Waals surface area contributed by atoms with E-state index in [1.54, 1.807) is 0 Å². The van der Waals surface area contributed by atoms with Crippen molar-refractivity contribution in [2.24, 2.45) is 17.8 Å². The zero-order valence-corrected chi connectivity index (χ0v) is 9.44. The Morgan fingerprint density at radius 2 is 1.27 bits per heavy atom. The molecule has 0 aromatic heterocycles. The van der Waals surface area contributed by atoms with E-state index >= 15 is 0 Å². The topological polar surface area (TPSA) is 0 Å². The maximum Gasteiger partial charge on any atom is -0.0363 e. The van der Waals surface area contributed by atoms with Crippen LogP contribution in [0.1, 0.15) is 54.9 Å². The van der Waals surface area contributed by atoms with Crippen molar-refractivity contribution in [2.75, 3.05) is 0 Å². The summed E-state index contributed by atoms with van der Waals surface area (Å²) in [6.45, 7) is 15.0. The molecule has 0 saturated heterocycles. The molecular formula is C11H26. The third-order valence-electron chi connectivity index (χ3n) is 2.03. The molecule has 1 aliphatic carbocycles. The van der Waals surface area contributed by atoms with E-state index in [1.165, 1.54) is 6.42 Å². The number of rotatable bonds is 1. The monoisotopic (exact) mass is 158 g/mol. The van der Waals surface area contributed by atoms with Gasteiger partial charge in [0, 0.05) is 0 Å². The Bertz CT molecular complexity index is 64.4. The van der Waals surface area contributed by atoms with Crippen molar-refractivity contribution in [2.45, 2.75) is 54.9 Å². The molecule has 1 saturated carbocycles. The van der Waals surface area contributed by atoms with E-state index in [9.17, 15) is 0 Å². The molecule has 0 spiro atoms. The van der Waals surface area contributed by atoms with E-state index in [1.807, 2.05) is 27.7 Å². The van der Waals surface area contributed by atoms with Gasteiger partial charge in [-0.05, 0) is 24.2 Å². The minimum absolute atomic E-state index is 0.940. The fourth-order valence-corrected chi connectivity index (χ4v) is 1.28. The molecule has 0 amide bonds. The fraction of sp³-hybridized carbons (Fsp3) is 1.00. The second-order valence-electron chi connectivity index (χ2n) is 3.12. The van der Waals surface area contributed by atoms with Gasteiger partial charge < -0.3 is 0 Å². The average molecular weight is 158 g/mol. The Morgan fingerprint density at radius 3 is 1.27 bits per heavy atom. The summed E-state index contributed by atoms with van der Waals surface area (Å²) >= 11 is 0. The van der Waals surface area contributed by atoms with E-state index in [4.69, 9.17) is 0 Å². The van der Waals surface area contributed by atoms with Gasteiger partial charge in [0.15, 0.2) is 0 Å².